The number of hydrogen-bond donors (Lipinski definition) is 1. The molecule has 0 spiro atoms. The van der Waals surface area contributed by atoms with Crippen LogP contribution in [0.5, 0.6) is 0 Å². The van der Waals surface area contributed by atoms with Crippen molar-refractivity contribution in [2.45, 2.75) is 19.8 Å². The summed E-state index contributed by atoms with van der Waals surface area (Å²) in [7, 11) is 0. The van der Waals surface area contributed by atoms with Gasteiger partial charge in [0.25, 0.3) is 0 Å². The molecule has 2 aromatic rings. The molecule has 0 radical (unpaired) electrons. The molecule has 90 valence electrons. The van der Waals surface area contributed by atoms with Gasteiger partial charge in [-0.3, -0.25) is 0 Å². The number of nitrogens with two attached hydrogens (primary N) is 1. The molecule has 0 saturated carbocycles. The van der Waals surface area contributed by atoms with Crippen molar-refractivity contribution in [1.29, 1.82) is 0 Å². The van der Waals surface area contributed by atoms with E-state index in [9.17, 15) is 4.39 Å². The van der Waals surface area contributed by atoms with Crippen LogP contribution < -0.4 is 5.73 Å². The van der Waals surface area contributed by atoms with Gasteiger partial charge in [0.2, 0.25) is 0 Å². The second kappa shape index (κ2) is 4.87. The molecule has 1 aromatic heterocycles. The van der Waals surface area contributed by atoms with Gasteiger partial charge in [0.15, 0.2) is 11.6 Å². The number of hydrogen-bond acceptors (Lipinski definition) is 3. The summed E-state index contributed by atoms with van der Waals surface area (Å²) in [5.41, 5.74) is 6.87. The minimum absolute atomic E-state index is 0.337. The first-order valence-electron chi connectivity index (χ1n) is 5.33. The van der Waals surface area contributed by atoms with Crippen molar-refractivity contribution in [2.24, 2.45) is 0 Å². The van der Waals surface area contributed by atoms with Crippen LogP contribution in [0, 0.1) is 5.82 Å². The molecule has 0 unspecified atom stereocenters. The van der Waals surface area contributed by atoms with E-state index in [1.54, 1.807) is 12.1 Å². The Morgan fingerprint density at radius 2 is 2.24 bits per heavy atom. The number of benzene rings is 1. The van der Waals surface area contributed by atoms with Crippen molar-refractivity contribution in [3.05, 3.63) is 34.1 Å². The lowest BCUT2D eigenvalue weighted by Gasteiger charge is -2.02. The second-order valence-corrected chi connectivity index (χ2v) is 4.67. The van der Waals surface area contributed by atoms with Gasteiger partial charge in [-0.2, -0.15) is 0 Å². The average molecular weight is 299 g/mol. The summed E-state index contributed by atoms with van der Waals surface area (Å²) in [6, 6.07) is 4.80. The Labute approximate surface area is 107 Å². The SMILES string of the molecule is CCCc1c(N)noc1-c1ccc(Br)cc1F. The monoisotopic (exact) mass is 298 g/mol. The predicted molar refractivity (Wildman–Crippen MR) is 68.0 cm³/mol. The Morgan fingerprint density at radius 3 is 2.88 bits per heavy atom. The molecule has 0 fully saturated rings. The fraction of sp³-hybridized carbons (Fsp3) is 0.250. The summed E-state index contributed by atoms with van der Waals surface area (Å²) in [6.45, 7) is 2.02. The molecule has 1 aromatic carbocycles. The van der Waals surface area contributed by atoms with Gasteiger partial charge >= 0.3 is 0 Å². The van der Waals surface area contributed by atoms with Crippen LogP contribution in [-0.2, 0) is 6.42 Å². The zero-order chi connectivity index (χ0) is 12.4. The summed E-state index contributed by atoms with van der Waals surface area (Å²) >= 11 is 3.21. The highest BCUT2D eigenvalue weighted by Gasteiger charge is 2.18. The Morgan fingerprint density at radius 1 is 1.47 bits per heavy atom. The van der Waals surface area contributed by atoms with Crippen molar-refractivity contribution in [3.63, 3.8) is 0 Å². The third-order valence-electron chi connectivity index (χ3n) is 2.49. The van der Waals surface area contributed by atoms with E-state index in [-0.39, 0.29) is 5.82 Å². The van der Waals surface area contributed by atoms with Gasteiger partial charge in [0.05, 0.1) is 5.56 Å². The van der Waals surface area contributed by atoms with Crippen LogP contribution in [0.1, 0.15) is 18.9 Å². The van der Waals surface area contributed by atoms with Crippen LogP contribution in [0.2, 0.25) is 0 Å². The predicted octanol–water partition coefficient (Wildman–Crippen LogP) is 3.78. The largest absolute Gasteiger partial charge is 0.381 e. The molecule has 0 aliphatic carbocycles. The van der Waals surface area contributed by atoms with Crippen LogP contribution in [0.3, 0.4) is 0 Å². The quantitative estimate of drug-likeness (QED) is 0.938. The van der Waals surface area contributed by atoms with E-state index in [2.05, 4.69) is 21.1 Å². The lowest BCUT2D eigenvalue weighted by molar-refractivity contribution is 0.432. The molecule has 0 atom stereocenters. The number of aromatic nitrogens is 1. The van der Waals surface area contributed by atoms with Crippen molar-refractivity contribution in [1.82, 2.24) is 5.16 Å². The van der Waals surface area contributed by atoms with E-state index in [0.717, 1.165) is 18.4 Å². The first-order valence-corrected chi connectivity index (χ1v) is 6.12. The summed E-state index contributed by atoms with van der Waals surface area (Å²) in [5, 5.41) is 3.70. The van der Waals surface area contributed by atoms with Crippen LogP contribution in [-0.4, -0.2) is 5.16 Å². The maximum absolute atomic E-state index is 13.8. The smallest absolute Gasteiger partial charge is 0.175 e. The summed E-state index contributed by atoms with van der Waals surface area (Å²) < 4.78 is 19.6. The van der Waals surface area contributed by atoms with Crippen molar-refractivity contribution in [2.75, 3.05) is 5.73 Å². The minimum atomic E-state index is -0.354. The molecule has 0 aliphatic rings. The minimum Gasteiger partial charge on any atom is -0.381 e. The van der Waals surface area contributed by atoms with E-state index >= 15 is 0 Å². The van der Waals surface area contributed by atoms with Gasteiger partial charge in [0.1, 0.15) is 5.82 Å². The van der Waals surface area contributed by atoms with Gasteiger partial charge in [-0.1, -0.05) is 34.4 Å². The molecule has 3 nitrogen and oxygen atoms in total. The van der Waals surface area contributed by atoms with Gasteiger partial charge < -0.3 is 10.3 Å². The van der Waals surface area contributed by atoms with E-state index in [1.807, 2.05) is 6.92 Å². The third-order valence-corrected chi connectivity index (χ3v) is 2.99. The fourth-order valence-corrected chi connectivity index (χ4v) is 2.03. The lowest BCUT2D eigenvalue weighted by atomic mass is 10.0. The van der Waals surface area contributed by atoms with Crippen LogP contribution in [0.25, 0.3) is 11.3 Å². The highest BCUT2D eigenvalue weighted by atomic mass is 79.9. The molecule has 0 saturated heterocycles. The third kappa shape index (κ3) is 2.34. The molecule has 1 heterocycles. The molecular weight excluding hydrogens is 287 g/mol. The molecular formula is C12H12BrFN2O. The maximum Gasteiger partial charge on any atom is 0.175 e. The summed E-state index contributed by atoms with van der Waals surface area (Å²) in [5.74, 6) is 0.409. The van der Waals surface area contributed by atoms with Crippen molar-refractivity contribution in [3.8, 4) is 11.3 Å². The topological polar surface area (TPSA) is 52.0 Å². The number of nitrogen functional groups attached to an aromatic ring is 1. The second-order valence-electron chi connectivity index (χ2n) is 3.75. The standard InChI is InChI=1S/C12H12BrFN2O/c1-2-3-9-11(17-16-12(9)15)8-5-4-7(13)6-10(8)14/h4-6H,2-3H2,1H3,(H2,15,16). The van der Waals surface area contributed by atoms with Gasteiger partial charge in [-0.25, -0.2) is 4.39 Å². The van der Waals surface area contributed by atoms with Crippen LogP contribution >= 0.6 is 15.9 Å². The van der Waals surface area contributed by atoms with Crippen LogP contribution in [0.4, 0.5) is 10.2 Å². The molecule has 2 rings (SSSR count). The number of anilines is 1. The van der Waals surface area contributed by atoms with E-state index < -0.39 is 0 Å². The van der Waals surface area contributed by atoms with Crippen molar-refractivity contribution >= 4 is 21.7 Å². The van der Waals surface area contributed by atoms with E-state index in [0.29, 0.717) is 21.6 Å². The number of nitrogens with zero attached hydrogens (tertiary/aromatic N) is 1. The molecule has 5 heteroatoms. The zero-order valence-electron chi connectivity index (χ0n) is 9.34. The zero-order valence-corrected chi connectivity index (χ0v) is 10.9. The normalized spacial score (nSPS) is 10.8. The first kappa shape index (κ1) is 12.1. The summed E-state index contributed by atoms with van der Waals surface area (Å²) in [6.07, 6.45) is 1.62. The highest BCUT2D eigenvalue weighted by Crippen LogP contribution is 2.31. The van der Waals surface area contributed by atoms with Crippen molar-refractivity contribution < 1.29 is 8.91 Å². The van der Waals surface area contributed by atoms with Gasteiger partial charge in [-0.15, -0.1) is 0 Å². The lowest BCUT2D eigenvalue weighted by Crippen LogP contribution is -1.93. The van der Waals surface area contributed by atoms with E-state index in [1.165, 1.54) is 6.07 Å². The Bertz CT molecular complexity index is 539. The highest BCUT2D eigenvalue weighted by molar-refractivity contribution is 9.10. The Kier molecular flexibility index (Phi) is 3.47. The van der Waals surface area contributed by atoms with Gasteiger partial charge in [-0.05, 0) is 24.6 Å². The molecule has 17 heavy (non-hydrogen) atoms. The molecule has 0 amide bonds. The van der Waals surface area contributed by atoms with Crippen LogP contribution in [0.15, 0.2) is 27.2 Å². The molecule has 0 bridgehead atoms. The average Bonchev–Trinajstić information content (AvgIpc) is 2.62. The van der Waals surface area contributed by atoms with Gasteiger partial charge in [0, 0.05) is 10.0 Å². The summed E-state index contributed by atoms with van der Waals surface area (Å²) in [4.78, 5) is 0. The van der Waals surface area contributed by atoms with E-state index in [4.69, 9.17) is 10.3 Å². The number of rotatable bonds is 3. The Balaban J connectivity index is 2.52. The Hall–Kier alpha value is -1.36. The fourth-order valence-electron chi connectivity index (χ4n) is 1.70. The molecule has 0 aliphatic heterocycles. The molecule has 2 N–H and O–H groups in total. The first-order chi connectivity index (χ1) is 8.13. The maximum atomic E-state index is 13.8. The number of halogens is 2.